The molecule has 1 unspecified atom stereocenters. The van der Waals surface area contributed by atoms with Gasteiger partial charge in [0.1, 0.15) is 11.5 Å². The minimum atomic E-state index is 0.0120. The minimum absolute atomic E-state index is 0.0120. The van der Waals surface area contributed by atoms with Gasteiger partial charge in [0.15, 0.2) is 0 Å². The molecule has 0 aliphatic heterocycles. The lowest BCUT2D eigenvalue weighted by Gasteiger charge is -2.21. The fraction of sp³-hybridized carbons (Fsp3) is 0.312. The monoisotopic (exact) mass is 272 g/mol. The summed E-state index contributed by atoms with van der Waals surface area (Å²) in [5.41, 5.74) is 1.82. The molecule has 1 aromatic heterocycles. The molecule has 106 valence electrons. The van der Waals surface area contributed by atoms with E-state index >= 15 is 0 Å². The van der Waals surface area contributed by atoms with E-state index in [2.05, 4.69) is 17.2 Å². The molecule has 1 heterocycles. The predicted molar refractivity (Wildman–Crippen MR) is 78.9 cm³/mol. The molecular weight excluding hydrogens is 252 g/mol. The summed E-state index contributed by atoms with van der Waals surface area (Å²) in [4.78, 5) is 4.33. The van der Waals surface area contributed by atoms with Crippen molar-refractivity contribution in [2.45, 2.75) is 25.9 Å². The SMILES string of the molecule is COc1ccc(C(C)N[C@H](C)c2ccccn2)c(O)c1. The summed E-state index contributed by atoms with van der Waals surface area (Å²) in [5, 5.41) is 13.5. The van der Waals surface area contributed by atoms with E-state index in [-0.39, 0.29) is 17.8 Å². The van der Waals surface area contributed by atoms with E-state index in [9.17, 15) is 5.11 Å². The van der Waals surface area contributed by atoms with Crippen LogP contribution in [0, 0.1) is 0 Å². The average Bonchev–Trinajstić information content (AvgIpc) is 2.47. The van der Waals surface area contributed by atoms with Crippen LogP contribution in [-0.2, 0) is 0 Å². The van der Waals surface area contributed by atoms with Crippen molar-refractivity contribution in [2.75, 3.05) is 7.11 Å². The molecule has 4 heteroatoms. The molecule has 0 saturated carbocycles. The maximum atomic E-state index is 10.0. The largest absolute Gasteiger partial charge is 0.507 e. The Hall–Kier alpha value is -2.07. The molecule has 0 fully saturated rings. The Morgan fingerprint density at radius 1 is 1.15 bits per heavy atom. The second-order valence-corrected chi connectivity index (χ2v) is 4.79. The van der Waals surface area contributed by atoms with Gasteiger partial charge >= 0.3 is 0 Å². The second kappa shape index (κ2) is 6.39. The predicted octanol–water partition coefficient (Wildman–Crippen LogP) is 3.21. The fourth-order valence-electron chi connectivity index (χ4n) is 2.20. The first-order chi connectivity index (χ1) is 9.61. The third-order valence-electron chi connectivity index (χ3n) is 3.34. The van der Waals surface area contributed by atoms with Crippen LogP contribution in [-0.4, -0.2) is 17.2 Å². The highest BCUT2D eigenvalue weighted by atomic mass is 16.5. The summed E-state index contributed by atoms with van der Waals surface area (Å²) in [6, 6.07) is 11.3. The first kappa shape index (κ1) is 14.3. The van der Waals surface area contributed by atoms with Crippen LogP contribution in [0.25, 0.3) is 0 Å². The third kappa shape index (κ3) is 3.27. The number of rotatable bonds is 5. The molecule has 0 aliphatic rings. The zero-order valence-electron chi connectivity index (χ0n) is 12.0. The highest BCUT2D eigenvalue weighted by Crippen LogP contribution is 2.29. The van der Waals surface area contributed by atoms with Crippen LogP contribution in [0.3, 0.4) is 0 Å². The molecular formula is C16H20N2O2. The normalized spacial score (nSPS) is 13.8. The smallest absolute Gasteiger partial charge is 0.124 e. The highest BCUT2D eigenvalue weighted by molar-refractivity contribution is 5.41. The number of phenols is 1. The molecule has 0 spiro atoms. The van der Waals surface area contributed by atoms with Crippen molar-refractivity contribution in [3.05, 3.63) is 53.9 Å². The van der Waals surface area contributed by atoms with Gasteiger partial charge in [0.25, 0.3) is 0 Å². The van der Waals surface area contributed by atoms with E-state index < -0.39 is 0 Å². The zero-order valence-corrected chi connectivity index (χ0v) is 12.0. The van der Waals surface area contributed by atoms with Crippen LogP contribution in [0.5, 0.6) is 11.5 Å². The first-order valence-electron chi connectivity index (χ1n) is 6.65. The third-order valence-corrected chi connectivity index (χ3v) is 3.34. The Morgan fingerprint density at radius 3 is 2.55 bits per heavy atom. The number of nitrogens with zero attached hydrogens (tertiary/aromatic N) is 1. The molecule has 0 saturated heterocycles. The number of aromatic hydroxyl groups is 1. The molecule has 2 rings (SSSR count). The number of hydrogen-bond donors (Lipinski definition) is 2. The number of methoxy groups -OCH3 is 1. The molecule has 4 nitrogen and oxygen atoms in total. The number of nitrogens with one attached hydrogen (secondary N) is 1. The standard InChI is InChI=1S/C16H20N2O2/c1-11(14-8-7-13(20-3)10-16(14)19)18-12(2)15-6-4-5-9-17-15/h4-12,18-19H,1-3H3/t11?,12-/m1/s1. The van der Waals surface area contributed by atoms with E-state index in [1.165, 1.54) is 0 Å². The summed E-state index contributed by atoms with van der Waals surface area (Å²) in [6.07, 6.45) is 1.78. The summed E-state index contributed by atoms with van der Waals surface area (Å²) >= 11 is 0. The van der Waals surface area contributed by atoms with Gasteiger partial charge in [-0.2, -0.15) is 0 Å². The number of pyridine rings is 1. The maximum Gasteiger partial charge on any atom is 0.124 e. The van der Waals surface area contributed by atoms with Gasteiger partial charge < -0.3 is 15.2 Å². The van der Waals surface area contributed by atoms with E-state index in [4.69, 9.17) is 4.74 Å². The molecule has 2 aromatic rings. The van der Waals surface area contributed by atoms with E-state index in [1.54, 1.807) is 19.4 Å². The Balaban J connectivity index is 2.10. The van der Waals surface area contributed by atoms with E-state index in [0.29, 0.717) is 5.75 Å². The quantitative estimate of drug-likeness (QED) is 0.877. The molecule has 20 heavy (non-hydrogen) atoms. The summed E-state index contributed by atoms with van der Waals surface area (Å²) in [5.74, 6) is 0.883. The Bertz CT molecular complexity index is 558. The van der Waals surface area contributed by atoms with Gasteiger partial charge in [0, 0.05) is 29.9 Å². The first-order valence-corrected chi connectivity index (χ1v) is 6.65. The Kier molecular flexibility index (Phi) is 4.58. The number of benzene rings is 1. The van der Waals surface area contributed by atoms with Gasteiger partial charge in [-0.3, -0.25) is 4.98 Å². The van der Waals surface area contributed by atoms with Crippen molar-refractivity contribution in [3.63, 3.8) is 0 Å². The molecule has 1 aromatic carbocycles. The Morgan fingerprint density at radius 2 is 1.95 bits per heavy atom. The lowest BCUT2D eigenvalue weighted by Crippen LogP contribution is -2.23. The summed E-state index contributed by atoms with van der Waals surface area (Å²) < 4.78 is 5.09. The number of hydrogen-bond acceptors (Lipinski definition) is 4. The summed E-state index contributed by atoms with van der Waals surface area (Å²) in [7, 11) is 1.58. The zero-order chi connectivity index (χ0) is 14.5. The lowest BCUT2D eigenvalue weighted by molar-refractivity contribution is 0.401. The maximum absolute atomic E-state index is 10.0. The van der Waals surface area contributed by atoms with Crippen molar-refractivity contribution >= 4 is 0 Å². The van der Waals surface area contributed by atoms with Crippen LogP contribution in [0.1, 0.15) is 37.2 Å². The van der Waals surface area contributed by atoms with Gasteiger partial charge in [-0.25, -0.2) is 0 Å². The molecule has 0 radical (unpaired) electrons. The second-order valence-electron chi connectivity index (χ2n) is 4.79. The highest BCUT2D eigenvalue weighted by Gasteiger charge is 2.15. The van der Waals surface area contributed by atoms with Gasteiger partial charge in [-0.1, -0.05) is 12.1 Å². The topological polar surface area (TPSA) is 54.4 Å². The van der Waals surface area contributed by atoms with Crippen molar-refractivity contribution in [3.8, 4) is 11.5 Å². The fourth-order valence-corrected chi connectivity index (χ4v) is 2.20. The van der Waals surface area contributed by atoms with Crippen molar-refractivity contribution < 1.29 is 9.84 Å². The van der Waals surface area contributed by atoms with E-state index in [0.717, 1.165) is 11.3 Å². The van der Waals surface area contributed by atoms with Gasteiger partial charge in [0.2, 0.25) is 0 Å². The average molecular weight is 272 g/mol. The van der Waals surface area contributed by atoms with Gasteiger partial charge in [-0.15, -0.1) is 0 Å². The minimum Gasteiger partial charge on any atom is -0.507 e. The molecule has 0 bridgehead atoms. The Labute approximate surface area is 119 Å². The summed E-state index contributed by atoms with van der Waals surface area (Å²) in [6.45, 7) is 4.07. The number of aromatic nitrogens is 1. The van der Waals surface area contributed by atoms with E-state index in [1.807, 2.05) is 37.3 Å². The van der Waals surface area contributed by atoms with Crippen LogP contribution >= 0.6 is 0 Å². The number of ether oxygens (including phenoxy) is 1. The van der Waals surface area contributed by atoms with Crippen molar-refractivity contribution in [1.29, 1.82) is 0 Å². The molecule has 0 aliphatic carbocycles. The van der Waals surface area contributed by atoms with Crippen LogP contribution in [0.15, 0.2) is 42.6 Å². The molecule has 0 amide bonds. The lowest BCUT2D eigenvalue weighted by atomic mass is 10.1. The van der Waals surface area contributed by atoms with Gasteiger partial charge in [-0.05, 0) is 32.0 Å². The van der Waals surface area contributed by atoms with Crippen LogP contribution in [0.2, 0.25) is 0 Å². The molecule has 2 atom stereocenters. The molecule has 2 N–H and O–H groups in total. The van der Waals surface area contributed by atoms with Crippen LogP contribution in [0.4, 0.5) is 0 Å². The van der Waals surface area contributed by atoms with Crippen molar-refractivity contribution in [2.24, 2.45) is 0 Å². The van der Waals surface area contributed by atoms with Crippen molar-refractivity contribution in [1.82, 2.24) is 10.3 Å². The van der Waals surface area contributed by atoms with Gasteiger partial charge in [0.05, 0.1) is 12.8 Å². The van der Waals surface area contributed by atoms with Crippen LogP contribution < -0.4 is 10.1 Å². The number of phenolic OH excluding ortho intramolecular Hbond substituents is 1.